The second-order valence-corrected chi connectivity index (χ2v) is 6.01. The molecule has 4 heteroatoms. The molecule has 98 valence electrons. The van der Waals surface area contributed by atoms with E-state index in [0.717, 1.165) is 23.7 Å². The Bertz CT molecular complexity index is 608. The lowest BCUT2D eigenvalue weighted by Gasteiger charge is -2.17. The van der Waals surface area contributed by atoms with Gasteiger partial charge in [-0.2, -0.15) is 0 Å². The minimum atomic E-state index is 0.563. The highest BCUT2D eigenvalue weighted by molar-refractivity contribution is 5.61. The molecule has 2 heterocycles. The first-order valence-electron chi connectivity index (χ1n) is 6.99. The van der Waals surface area contributed by atoms with Gasteiger partial charge in [0.05, 0.1) is 18.2 Å². The molecule has 2 aromatic rings. The van der Waals surface area contributed by atoms with E-state index in [9.17, 15) is 0 Å². The number of pyridine rings is 1. The van der Waals surface area contributed by atoms with Crippen molar-refractivity contribution >= 4 is 5.82 Å². The molecule has 0 amide bonds. The molecule has 4 rings (SSSR count). The Morgan fingerprint density at radius 2 is 2.21 bits per heavy atom. The van der Waals surface area contributed by atoms with Gasteiger partial charge in [-0.25, -0.2) is 9.97 Å². The number of nitrogens with zero attached hydrogens (tertiary/aromatic N) is 3. The van der Waals surface area contributed by atoms with Crippen LogP contribution < -0.4 is 5.73 Å². The van der Waals surface area contributed by atoms with Gasteiger partial charge in [0.1, 0.15) is 5.82 Å². The summed E-state index contributed by atoms with van der Waals surface area (Å²) in [6.07, 6.45) is 11.3. The van der Waals surface area contributed by atoms with Crippen LogP contribution in [-0.2, 0) is 6.54 Å². The normalized spacial score (nSPS) is 20.4. The molecule has 2 fully saturated rings. The van der Waals surface area contributed by atoms with Crippen LogP contribution >= 0.6 is 0 Å². The number of hydrogen-bond donors (Lipinski definition) is 1. The van der Waals surface area contributed by atoms with Gasteiger partial charge in [0.25, 0.3) is 0 Å². The monoisotopic (exact) mass is 254 g/mol. The third-order valence-electron chi connectivity index (χ3n) is 4.61. The number of rotatable bonds is 4. The number of hydrogen-bond acceptors (Lipinski definition) is 3. The number of imidazole rings is 1. The van der Waals surface area contributed by atoms with Crippen LogP contribution in [0.15, 0.2) is 30.9 Å². The lowest BCUT2D eigenvalue weighted by Crippen LogP contribution is -2.14. The van der Waals surface area contributed by atoms with Crippen LogP contribution in [0.5, 0.6) is 0 Å². The molecular weight excluding hydrogens is 236 g/mol. The SMILES string of the molecule is Nc1cc(-c2cncn2CC2(C3CC3)CC2)ccn1. The van der Waals surface area contributed by atoms with Gasteiger partial charge in [-0.15, -0.1) is 0 Å². The largest absolute Gasteiger partial charge is 0.384 e. The lowest BCUT2D eigenvalue weighted by atomic mass is 10.0. The zero-order chi connectivity index (χ0) is 12.9. The predicted octanol–water partition coefficient (Wildman–Crippen LogP) is 2.72. The highest BCUT2D eigenvalue weighted by Crippen LogP contribution is 2.62. The van der Waals surface area contributed by atoms with E-state index >= 15 is 0 Å². The fourth-order valence-electron chi connectivity index (χ4n) is 3.19. The molecular formula is C15H18N4. The predicted molar refractivity (Wildman–Crippen MR) is 74.3 cm³/mol. The first-order chi connectivity index (χ1) is 9.27. The molecule has 4 nitrogen and oxygen atoms in total. The maximum atomic E-state index is 5.77. The number of aromatic nitrogens is 3. The van der Waals surface area contributed by atoms with Crippen LogP contribution in [0.2, 0.25) is 0 Å². The highest BCUT2D eigenvalue weighted by Gasteiger charge is 2.53. The van der Waals surface area contributed by atoms with Gasteiger partial charge in [0, 0.05) is 18.3 Å². The topological polar surface area (TPSA) is 56.7 Å². The van der Waals surface area contributed by atoms with Crippen molar-refractivity contribution in [2.24, 2.45) is 11.3 Å². The highest BCUT2D eigenvalue weighted by atomic mass is 15.1. The summed E-state index contributed by atoms with van der Waals surface area (Å²) >= 11 is 0. The first kappa shape index (κ1) is 11.0. The van der Waals surface area contributed by atoms with E-state index in [1.54, 1.807) is 6.20 Å². The molecule has 0 radical (unpaired) electrons. The Kier molecular flexibility index (Phi) is 2.22. The zero-order valence-corrected chi connectivity index (χ0v) is 10.9. The summed E-state index contributed by atoms with van der Waals surface area (Å²) in [5, 5.41) is 0. The van der Waals surface area contributed by atoms with Crippen molar-refractivity contribution in [1.82, 2.24) is 14.5 Å². The van der Waals surface area contributed by atoms with E-state index in [1.807, 2.05) is 24.7 Å². The smallest absolute Gasteiger partial charge is 0.123 e. The lowest BCUT2D eigenvalue weighted by molar-refractivity contribution is 0.372. The summed E-state index contributed by atoms with van der Waals surface area (Å²) in [6, 6.07) is 3.92. The number of anilines is 1. The van der Waals surface area contributed by atoms with Crippen molar-refractivity contribution < 1.29 is 0 Å². The molecule has 0 bridgehead atoms. The molecule has 2 saturated carbocycles. The second-order valence-electron chi connectivity index (χ2n) is 6.01. The molecule has 0 spiro atoms. The minimum absolute atomic E-state index is 0.563. The minimum Gasteiger partial charge on any atom is -0.384 e. The van der Waals surface area contributed by atoms with Gasteiger partial charge < -0.3 is 10.3 Å². The Balaban J connectivity index is 1.65. The van der Waals surface area contributed by atoms with Crippen LogP contribution in [0.3, 0.4) is 0 Å². The zero-order valence-electron chi connectivity index (χ0n) is 10.9. The van der Waals surface area contributed by atoms with Crippen LogP contribution in [0.1, 0.15) is 25.7 Å². The van der Waals surface area contributed by atoms with Crippen LogP contribution in [0.4, 0.5) is 5.82 Å². The molecule has 0 unspecified atom stereocenters. The molecule has 2 N–H and O–H groups in total. The van der Waals surface area contributed by atoms with E-state index in [4.69, 9.17) is 5.73 Å². The Morgan fingerprint density at radius 3 is 2.89 bits per heavy atom. The van der Waals surface area contributed by atoms with Crippen LogP contribution in [-0.4, -0.2) is 14.5 Å². The Labute approximate surface area is 112 Å². The molecule has 2 aliphatic carbocycles. The van der Waals surface area contributed by atoms with Crippen molar-refractivity contribution in [3.63, 3.8) is 0 Å². The van der Waals surface area contributed by atoms with Crippen LogP contribution in [0, 0.1) is 11.3 Å². The molecule has 0 aliphatic heterocycles. The molecule has 0 saturated heterocycles. The van der Waals surface area contributed by atoms with Gasteiger partial charge >= 0.3 is 0 Å². The summed E-state index contributed by atoms with van der Waals surface area (Å²) in [5.74, 6) is 1.53. The van der Waals surface area contributed by atoms with Crippen molar-refractivity contribution in [2.75, 3.05) is 5.73 Å². The van der Waals surface area contributed by atoms with E-state index in [0.29, 0.717) is 11.2 Å². The fourth-order valence-corrected chi connectivity index (χ4v) is 3.19. The summed E-state index contributed by atoms with van der Waals surface area (Å²) in [6.45, 7) is 1.11. The number of nitrogen functional groups attached to an aromatic ring is 1. The Hall–Kier alpha value is -1.84. The molecule has 2 aromatic heterocycles. The second kappa shape index (κ2) is 3.83. The maximum absolute atomic E-state index is 5.77. The van der Waals surface area contributed by atoms with Crippen LogP contribution in [0.25, 0.3) is 11.3 Å². The van der Waals surface area contributed by atoms with Gasteiger partial charge in [-0.3, -0.25) is 0 Å². The first-order valence-corrected chi connectivity index (χ1v) is 6.99. The van der Waals surface area contributed by atoms with Crippen molar-refractivity contribution in [1.29, 1.82) is 0 Å². The van der Waals surface area contributed by atoms with Gasteiger partial charge in [-0.05, 0) is 49.1 Å². The third-order valence-corrected chi connectivity index (χ3v) is 4.61. The molecule has 0 atom stereocenters. The van der Waals surface area contributed by atoms with Crippen molar-refractivity contribution in [3.8, 4) is 11.3 Å². The average Bonchev–Trinajstić information content (AvgIpc) is 3.28. The fraction of sp³-hybridized carbons (Fsp3) is 0.467. The summed E-state index contributed by atoms with van der Waals surface area (Å²) in [7, 11) is 0. The standard InChI is InChI=1S/C15H18N4/c16-14-7-11(3-6-18-14)13-8-17-10-19(13)9-15(4-5-15)12-1-2-12/h3,6-8,10,12H,1-2,4-5,9H2,(H2,16,18). The Morgan fingerprint density at radius 1 is 1.37 bits per heavy atom. The van der Waals surface area contributed by atoms with Gasteiger partial charge in [0.15, 0.2) is 0 Å². The summed E-state index contributed by atoms with van der Waals surface area (Å²) < 4.78 is 2.29. The van der Waals surface area contributed by atoms with Crippen molar-refractivity contribution in [3.05, 3.63) is 30.9 Å². The van der Waals surface area contributed by atoms with Gasteiger partial charge in [0.2, 0.25) is 0 Å². The van der Waals surface area contributed by atoms with E-state index in [-0.39, 0.29) is 0 Å². The quantitative estimate of drug-likeness (QED) is 0.912. The third kappa shape index (κ3) is 1.91. The molecule has 2 aliphatic rings. The maximum Gasteiger partial charge on any atom is 0.123 e. The summed E-state index contributed by atoms with van der Waals surface area (Å²) in [5.41, 5.74) is 8.61. The summed E-state index contributed by atoms with van der Waals surface area (Å²) in [4.78, 5) is 8.37. The van der Waals surface area contributed by atoms with Crippen molar-refractivity contribution in [2.45, 2.75) is 32.2 Å². The molecule has 0 aromatic carbocycles. The average molecular weight is 254 g/mol. The number of nitrogens with two attached hydrogens (primary N) is 1. The molecule has 19 heavy (non-hydrogen) atoms. The van der Waals surface area contributed by atoms with E-state index in [1.165, 1.54) is 25.7 Å². The van der Waals surface area contributed by atoms with E-state index in [2.05, 4.69) is 14.5 Å². The van der Waals surface area contributed by atoms with E-state index < -0.39 is 0 Å². The van der Waals surface area contributed by atoms with Gasteiger partial charge in [-0.1, -0.05) is 0 Å².